The molecule has 2 aliphatic carbocycles. The van der Waals surface area contributed by atoms with Gasteiger partial charge in [-0.3, -0.25) is 0 Å². The first-order valence-corrected chi connectivity index (χ1v) is 16.7. The summed E-state index contributed by atoms with van der Waals surface area (Å²) >= 11 is 0. The standard InChI is InChI=1S/C47H32N2/c1-3-14-31(4-2)44-30-45(33-15-6-5-7-16-33)49-46(48-44)34-25-23-32(24-26-34)35-27-28-39-38-19-10-13-22-42(38)47(43(39)29-35)40-20-11-8-17-36(40)37-18-9-12-21-41(37)47/h3-30H,1-2H2/b31-14+. The number of hydrogen-bond donors (Lipinski definition) is 0. The van der Waals surface area contributed by atoms with E-state index in [0.29, 0.717) is 5.82 Å². The van der Waals surface area contributed by atoms with Gasteiger partial charge in [-0.25, -0.2) is 9.97 Å². The van der Waals surface area contributed by atoms with E-state index in [1.165, 1.54) is 50.1 Å². The van der Waals surface area contributed by atoms with Crippen molar-refractivity contribution in [3.8, 4) is 56.0 Å². The molecule has 1 aromatic heterocycles. The summed E-state index contributed by atoms with van der Waals surface area (Å²) in [4.78, 5) is 10.00. The lowest BCUT2D eigenvalue weighted by Crippen LogP contribution is -2.25. The van der Waals surface area contributed by atoms with E-state index in [1.807, 2.05) is 36.4 Å². The first-order valence-electron chi connectivity index (χ1n) is 16.7. The van der Waals surface area contributed by atoms with Crippen molar-refractivity contribution in [2.24, 2.45) is 0 Å². The van der Waals surface area contributed by atoms with Crippen LogP contribution in [-0.2, 0) is 5.41 Å². The molecule has 0 saturated heterocycles. The number of rotatable bonds is 6. The number of hydrogen-bond acceptors (Lipinski definition) is 2. The summed E-state index contributed by atoms with van der Waals surface area (Å²) in [5.41, 5.74) is 17.2. The van der Waals surface area contributed by atoms with Crippen LogP contribution in [-0.4, -0.2) is 9.97 Å². The molecule has 6 aromatic carbocycles. The third-order valence-electron chi connectivity index (χ3n) is 10.1. The zero-order valence-electron chi connectivity index (χ0n) is 27.0. The Morgan fingerprint density at radius 3 is 1.59 bits per heavy atom. The van der Waals surface area contributed by atoms with Gasteiger partial charge in [0.1, 0.15) is 0 Å². The molecule has 0 fully saturated rings. The van der Waals surface area contributed by atoms with Crippen LogP contribution < -0.4 is 0 Å². The highest BCUT2D eigenvalue weighted by atomic mass is 14.9. The van der Waals surface area contributed by atoms with Crippen LogP contribution in [0.5, 0.6) is 0 Å². The third-order valence-corrected chi connectivity index (χ3v) is 10.1. The van der Waals surface area contributed by atoms with Crippen molar-refractivity contribution in [2.75, 3.05) is 0 Å². The smallest absolute Gasteiger partial charge is 0.160 e. The van der Waals surface area contributed by atoms with Crippen molar-refractivity contribution in [1.82, 2.24) is 9.97 Å². The molecule has 230 valence electrons. The summed E-state index contributed by atoms with van der Waals surface area (Å²) in [6.07, 6.45) is 5.50. The highest BCUT2D eigenvalue weighted by Crippen LogP contribution is 2.63. The fourth-order valence-corrected chi connectivity index (χ4v) is 7.95. The van der Waals surface area contributed by atoms with Gasteiger partial charge in [0.15, 0.2) is 5.82 Å². The molecule has 0 N–H and O–H groups in total. The van der Waals surface area contributed by atoms with Crippen LogP contribution in [0.2, 0.25) is 0 Å². The van der Waals surface area contributed by atoms with Gasteiger partial charge in [0.25, 0.3) is 0 Å². The van der Waals surface area contributed by atoms with Gasteiger partial charge in [0.2, 0.25) is 0 Å². The van der Waals surface area contributed by atoms with Crippen molar-refractivity contribution in [2.45, 2.75) is 5.41 Å². The first-order chi connectivity index (χ1) is 24.2. The van der Waals surface area contributed by atoms with Crippen molar-refractivity contribution < 1.29 is 0 Å². The summed E-state index contributed by atoms with van der Waals surface area (Å²) in [5.74, 6) is 0.669. The third kappa shape index (κ3) is 4.35. The molecule has 49 heavy (non-hydrogen) atoms. The minimum absolute atomic E-state index is 0.362. The maximum Gasteiger partial charge on any atom is 0.160 e. The number of nitrogens with zero attached hydrogens (tertiary/aromatic N) is 2. The zero-order valence-corrected chi connectivity index (χ0v) is 27.0. The maximum atomic E-state index is 5.02. The van der Waals surface area contributed by atoms with Crippen LogP contribution in [0.25, 0.3) is 61.6 Å². The summed E-state index contributed by atoms with van der Waals surface area (Å²) in [6.45, 7) is 7.90. The molecule has 1 spiro atoms. The predicted molar refractivity (Wildman–Crippen MR) is 203 cm³/mol. The molecule has 0 bridgehead atoms. The van der Waals surface area contributed by atoms with Crippen LogP contribution in [0.15, 0.2) is 183 Å². The molecule has 0 atom stereocenters. The number of fused-ring (bicyclic) bond motifs is 10. The highest BCUT2D eigenvalue weighted by molar-refractivity contribution is 5.96. The highest BCUT2D eigenvalue weighted by Gasteiger charge is 2.51. The Morgan fingerprint density at radius 1 is 0.469 bits per heavy atom. The van der Waals surface area contributed by atoms with E-state index in [4.69, 9.17) is 9.97 Å². The van der Waals surface area contributed by atoms with E-state index in [-0.39, 0.29) is 5.41 Å². The van der Waals surface area contributed by atoms with Gasteiger partial charge in [-0.15, -0.1) is 0 Å². The maximum absolute atomic E-state index is 5.02. The number of benzene rings is 6. The van der Waals surface area contributed by atoms with Gasteiger partial charge in [0.05, 0.1) is 16.8 Å². The fraction of sp³-hybridized carbons (Fsp3) is 0.0213. The Bertz CT molecular complexity index is 2400. The summed E-state index contributed by atoms with van der Waals surface area (Å²) in [7, 11) is 0. The topological polar surface area (TPSA) is 25.8 Å². The lowest BCUT2D eigenvalue weighted by atomic mass is 9.70. The van der Waals surface area contributed by atoms with E-state index in [9.17, 15) is 0 Å². The second-order valence-electron chi connectivity index (χ2n) is 12.6. The van der Waals surface area contributed by atoms with E-state index < -0.39 is 0 Å². The Labute approximate surface area is 287 Å². The summed E-state index contributed by atoms with van der Waals surface area (Å²) in [5, 5.41) is 0. The molecule has 9 rings (SSSR count). The molecule has 7 aromatic rings. The Morgan fingerprint density at radius 2 is 1.00 bits per heavy atom. The second kappa shape index (κ2) is 11.4. The molecule has 2 heteroatoms. The Kier molecular flexibility index (Phi) is 6.70. The lowest BCUT2D eigenvalue weighted by molar-refractivity contribution is 0.794. The van der Waals surface area contributed by atoms with E-state index in [0.717, 1.165) is 33.7 Å². The molecule has 0 unspecified atom stereocenters. The van der Waals surface area contributed by atoms with Crippen LogP contribution >= 0.6 is 0 Å². The second-order valence-corrected chi connectivity index (χ2v) is 12.6. The summed E-state index contributed by atoms with van der Waals surface area (Å²) < 4.78 is 0. The quantitative estimate of drug-likeness (QED) is 0.172. The first kappa shape index (κ1) is 28.8. The van der Waals surface area contributed by atoms with E-state index >= 15 is 0 Å². The molecule has 0 radical (unpaired) electrons. The van der Waals surface area contributed by atoms with Crippen molar-refractivity contribution >= 4 is 5.57 Å². The average molecular weight is 625 g/mol. The lowest BCUT2D eigenvalue weighted by Gasteiger charge is -2.30. The number of allylic oxidation sites excluding steroid dienone is 4. The molecule has 2 nitrogen and oxygen atoms in total. The summed E-state index contributed by atoms with van der Waals surface area (Å²) in [6, 6.07) is 54.7. The Hall–Kier alpha value is -6.38. The van der Waals surface area contributed by atoms with Gasteiger partial charge >= 0.3 is 0 Å². The van der Waals surface area contributed by atoms with Gasteiger partial charge in [-0.1, -0.05) is 171 Å². The van der Waals surface area contributed by atoms with Gasteiger partial charge in [-0.05, 0) is 73.3 Å². The molecule has 0 saturated carbocycles. The van der Waals surface area contributed by atoms with E-state index in [2.05, 4.69) is 141 Å². The van der Waals surface area contributed by atoms with Gasteiger partial charge in [0, 0.05) is 11.1 Å². The SMILES string of the molecule is C=C/C=C(\C=C)c1cc(-c2ccccc2)nc(-c2ccc(-c3ccc4c(c3)C3(c5ccccc5-c5ccccc53)c3ccccc3-4)cc2)n1. The molecular formula is C47H32N2. The van der Waals surface area contributed by atoms with Crippen molar-refractivity contribution in [3.63, 3.8) is 0 Å². The van der Waals surface area contributed by atoms with Crippen molar-refractivity contribution in [1.29, 1.82) is 0 Å². The fourth-order valence-electron chi connectivity index (χ4n) is 7.95. The van der Waals surface area contributed by atoms with Gasteiger partial charge < -0.3 is 0 Å². The van der Waals surface area contributed by atoms with Gasteiger partial charge in [-0.2, -0.15) is 0 Å². The molecule has 2 aliphatic rings. The number of aromatic nitrogens is 2. The van der Waals surface area contributed by atoms with Crippen LogP contribution in [0, 0.1) is 0 Å². The molecule has 0 amide bonds. The monoisotopic (exact) mass is 624 g/mol. The molecule has 0 aliphatic heterocycles. The van der Waals surface area contributed by atoms with Crippen LogP contribution in [0.1, 0.15) is 27.9 Å². The minimum atomic E-state index is -0.362. The van der Waals surface area contributed by atoms with Crippen LogP contribution in [0.4, 0.5) is 0 Å². The Balaban J connectivity index is 1.17. The van der Waals surface area contributed by atoms with Crippen LogP contribution in [0.3, 0.4) is 0 Å². The molecular weight excluding hydrogens is 593 g/mol. The largest absolute Gasteiger partial charge is 0.228 e. The van der Waals surface area contributed by atoms with E-state index in [1.54, 1.807) is 6.08 Å². The minimum Gasteiger partial charge on any atom is -0.228 e. The zero-order chi connectivity index (χ0) is 33.0. The predicted octanol–water partition coefficient (Wildman–Crippen LogP) is 11.6. The normalized spacial score (nSPS) is 13.3. The van der Waals surface area contributed by atoms with Crippen molar-refractivity contribution in [3.05, 3.63) is 211 Å². The average Bonchev–Trinajstić information content (AvgIpc) is 3.64. The molecule has 1 heterocycles.